The first-order valence-corrected chi connectivity index (χ1v) is 19.3. The maximum atomic E-state index is 14.3. The fourth-order valence-corrected chi connectivity index (χ4v) is 7.89. The molecule has 0 bridgehead atoms. The normalized spacial score (nSPS) is 16.6. The molecule has 288 valence electrons. The molecule has 5 aromatic carbocycles. The van der Waals surface area contributed by atoms with Crippen LogP contribution in [0.25, 0.3) is 0 Å². The van der Waals surface area contributed by atoms with Gasteiger partial charge in [-0.25, -0.2) is 4.79 Å². The van der Waals surface area contributed by atoms with Crippen LogP contribution >= 0.6 is 11.5 Å². The topological polar surface area (TPSA) is 166 Å². The lowest BCUT2D eigenvalue weighted by Gasteiger charge is -2.50. The Kier molecular flexibility index (Phi) is 10.7. The molecule has 8 rings (SSSR count). The lowest BCUT2D eigenvalue weighted by molar-refractivity contribution is -0.159. The van der Waals surface area contributed by atoms with Crippen LogP contribution in [-0.2, 0) is 34.4 Å². The number of β-lactam (4-membered cyclic amide) rings is 1. The molecule has 1 saturated heterocycles. The van der Waals surface area contributed by atoms with Crippen molar-refractivity contribution >= 4 is 46.4 Å². The average molecular weight is 789 g/mol. The summed E-state index contributed by atoms with van der Waals surface area (Å²) in [5.74, 6) is -2.34. The van der Waals surface area contributed by atoms with Crippen LogP contribution < -0.4 is 11.1 Å². The third-order valence-electron chi connectivity index (χ3n) is 10.2. The highest BCUT2D eigenvalue weighted by Gasteiger charge is 2.54. The molecule has 1 unspecified atom stereocenters. The van der Waals surface area contributed by atoms with Crippen molar-refractivity contribution in [1.82, 2.24) is 19.6 Å². The fraction of sp³-hybridized carbons (Fsp3) is 0.133. The van der Waals surface area contributed by atoms with Crippen LogP contribution in [0, 0.1) is 0 Å². The van der Waals surface area contributed by atoms with Crippen LogP contribution in [-0.4, -0.2) is 56.1 Å². The number of esters is 1. The van der Waals surface area contributed by atoms with Crippen LogP contribution in [0.15, 0.2) is 168 Å². The second-order valence-electron chi connectivity index (χ2n) is 13.6. The lowest BCUT2D eigenvalue weighted by Crippen LogP contribution is -2.72. The van der Waals surface area contributed by atoms with Gasteiger partial charge in [0, 0.05) is 33.8 Å². The number of amides is 2. The van der Waals surface area contributed by atoms with E-state index in [9.17, 15) is 19.2 Å². The number of hydrogen-bond acceptors (Lipinski definition) is 11. The van der Waals surface area contributed by atoms with Gasteiger partial charge in [0.05, 0.1) is 6.04 Å². The van der Waals surface area contributed by atoms with E-state index in [2.05, 4.69) is 19.8 Å². The summed E-state index contributed by atoms with van der Waals surface area (Å²) in [6, 6.07) is 45.1. The summed E-state index contributed by atoms with van der Waals surface area (Å²) < 4.78 is 10.4. The summed E-state index contributed by atoms with van der Waals surface area (Å²) in [4.78, 5) is 66.8. The van der Waals surface area contributed by atoms with Gasteiger partial charge in [0.15, 0.2) is 11.2 Å². The molecule has 2 amide bonds. The monoisotopic (exact) mass is 788 g/mol. The number of rotatable bonds is 13. The van der Waals surface area contributed by atoms with Crippen molar-refractivity contribution in [3.05, 3.63) is 197 Å². The van der Waals surface area contributed by atoms with E-state index in [1.807, 2.05) is 152 Å². The first-order valence-electron chi connectivity index (χ1n) is 18.5. The summed E-state index contributed by atoms with van der Waals surface area (Å²) in [5, 5.41) is 7.37. The summed E-state index contributed by atoms with van der Waals surface area (Å²) in [5.41, 5.74) is 7.91. The van der Waals surface area contributed by atoms with Crippen LogP contribution in [0.2, 0.25) is 0 Å². The SMILES string of the molecule is Nc1nc(/C(=N\OC(c2ccccc2)(c2ccccc2)c2ccccc2)C(=O)N[C@@H]2C(=O)N3C(C(=O)OC(c4ccccc4)c4ccccc4)=C(C=O)CCC23)ns1. The molecule has 0 radical (unpaired) electrons. The van der Waals surface area contributed by atoms with Gasteiger partial charge in [0.2, 0.25) is 17.1 Å². The number of nitrogens with two attached hydrogens (primary N) is 1. The highest BCUT2D eigenvalue weighted by Crippen LogP contribution is 2.41. The number of aromatic nitrogens is 2. The predicted octanol–water partition coefficient (Wildman–Crippen LogP) is 6.11. The van der Waals surface area contributed by atoms with E-state index in [4.69, 9.17) is 15.3 Å². The second-order valence-corrected chi connectivity index (χ2v) is 14.4. The Morgan fingerprint density at radius 2 is 1.31 bits per heavy atom. The van der Waals surface area contributed by atoms with Crippen molar-refractivity contribution in [2.75, 3.05) is 5.73 Å². The molecule has 3 heterocycles. The molecule has 1 fully saturated rings. The maximum absolute atomic E-state index is 14.3. The number of ether oxygens (including phenoxy) is 1. The number of hydrogen-bond donors (Lipinski definition) is 2. The number of carbonyl (C=O) groups excluding carboxylic acids is 4. The summed E-state index contributed by atoms with van der Waals surface area (Å²) in [6.45, 7) is 0. The Morgan fingerprint density at radius 1 is 0.810 bits per heavy atom. The van der Waals surface area contributed by atoms with E-state index in [1.165, 1.54) is 4.90 Å². The van der Waals surface area contributed by atoms with Crippen molar-refractivity contribution in [3.63, 3.8) is 0 Å². The number of nitrogens with one attached hydrogen (secondary N) is 1. The Labute approximate surface area is 337 Å². The standard InChI is InChI=1S/C45H36N6O6S/c46-44-48-40(50-58-44)37(49-57-45(32-20-10-3-11-21-32,33-22-12-4-13-23-33)34-24-14-5-15-25-34)41(53)47-36-35-27-26-31(28-52)38(51(35)42(36)54)43(55)56-39(29-16-6-1-7-17-29)30-18-8-2-9-19-30/h1-25,28,35-36,39H,26-27H2,(H,47,53)(H2,46,48,50)/b49-37+/t35?,36-/m0/s1. The first kappa shape index (κ1) is 37.7. The molecular formula is C45H36N6O6S. The molecule has 13 heteroatoms. The minimum Gasteiger partial charge on any atom is -0.448 e. The van der Waals surface area contributed by atoms with E-state index in [0.717, 1.165) is 28.2 Å². The van der Waals surface area contributed by atoms with Crippen molar-refractivity contribution in [3.8, 4) is 0 Å². The van der Waals surface area contributed by atoms with E-state index in [1.54, 1.807) is 0 Å². The molecule has 2 aliphatic rings. The van der Waals surface area contributed by atoms with Crippen LogP contribution in [0.1, 0.15) is 52.6 Å². The summed E-state index contributed by atoms with van der Waals surface area (Å²) in [7, 11) is 0. The van der Waals surface area contributed by atoms with E-state index in [0.29, 0.717) is 23.8 Å². The number of nitrogens with zero attached hydrogens (tertiary/aromatic N) is 4. The van der Waals surface area contributed by atoms with Gasteiger partial charge < -0.3 is 20.6 Å². The molecule has 3 N–H and O–H groups in total. The minimum atomic E-state index is -1.34. The molecule has 0 aliphatic carbocycles. The minimum absolute atomic E-state index is 0.0908. The smallest absolute Gasteiger partial charge is 0.356 e. The van der Waals surface area contributed by atoms with Gasteiger partial charge >= 0.3 is 5.97 Å². The quantitative estimate of drug-likeness (QED) is 0.0351. The summed E-state index contributed by atoms with van der Waals surface area (Å²) >= 11 is 0.872. The zero-order valence-electron chi connectivity index (χ0n) is 30.9. The summed E-state index contributed by atoms with van der Waals surface area (Å²) in [6.07, 6.45) is 0.240. The number of oxime groups is 1. The molecule has 12 nitrogen and oxygen atoms in total. The van der Waals surface area contributed by atoms with Crippen LogP contribution in [0.3, 0.4) is 0 Å². The van der Waals surface area contributed by atoms with Crippen molar-refractivity contribution in [2.24, 2.45) is 5.16 Å². The fourth-order valence-electron chi connectivity index (χ4n) is 7.46. The van der Waals surface area contributed by atoms with Crippen LogP contribution in [0.5, 0.6) is 0 Å². The van der Waals surface area contributed by atoms with Gasteiger partial charge in [0.25, 0.3) is 11.8 Å². The molecule has 1 aromatic heterocycles. The van der Waals surface area contributed by atoms with Gasteiger partial charge in [-0.2, -0.15) is 9.36 Å². The number of nitrogen functional groups attached to an aromatic ring is 1. The number of allylic oxidation sites excluding steroid dienone is 1. The van der Waals surface area contributed by atoms with E-state index < -0.39 is 41.6 Å². The number of anilines is 1. The second kappa shape index (κ2) is 16.5. The highest BCUT2D eigenvalue weighted by molar-refractivity contribution is 7.09. The Morgan fingerprint density at radius 3 is 1.78 bits per heavy atom. The Bertz CT molecular complexity index is 2360. The third-order valence-corrected chi connectivity index (χ3v) is 10.8. The number of carbonyl (C=O) groups is 4. The Balaban J connectivity index is 1.10. The largest absolute Gasteiger partial charge is 0.448 e. The van der Waals surface area contributed by atoms with Gasteiger partial charge in [-0.05, 0) is 24.0 Å². The van der Waals surface area contributed by atoms with Crippen LogP contribution in [0.4, 0.5) is 5.13 Å². The molecular weight excluding hydrogens is 753 g/mol. The zero-order chi connectivity index (χ0) is 40.1. The maximum Gasteiger partial charge on any atom is 0.356 e. The molecule has 0 spiro atoms. The molecule has 58 heavy (non-hydrogen) atoms. The van der Waals surface area contributed by atoms with E-state index in [-0.39, 0.29) is 34.4 Å². The molecule has 2 aliphatic heterocycles. The Hall–Kier alpha value is -7.25. The van der Waals surface area contributed by atoms with Crippen molar-refractivity contribution < 1.29 is 28.8 Å². The van der Waals surface area contributed by atoms with Crippen molar-refractivity contribution in [1.29, 1.82) is 0 Å². The van der Waals surface area contributed by atoms with Gasteiger partial charge in [-0.1, -0.05) is 157 Å². The lowest BCUT2D eigenvalue weighted by atomic mass is 9.80. The predicted molar refractivity (Wildman–Crippen MR) is 217 cm³/mol. The van der Waals surface area contributed by atoms with Gasteiger partial charge in [0.1, 0.15) is 18.0 Å². The molecule has 2 atom stereocenters. The first-order chi connectivity index (χ1) is 28.4. The highest BCUT2D eigenvalue weighted by atomic mass is 32.1. The van der Waals surface area contributed by atoms with E-state index >= 15 is 0 Å². The average Bonchev–Trinajstić information content (AvgIpc) is 3.72. The number of fused-ring (bicyclic) bond motifs is 1. The zero-order valence-corrected chi connectivity index (χ0v) is 31.7. The van der Waals surface area contributed by atoms with Gasteiger partial charge in [-0.15, -0.1) is 0 Å². The van der Waals surface area contributed by atoms with Crippen molar-refractivity contribution in [2.45, 2.75) is 36.6 Å². The van der Waals surface area contributed by atoms with Gasteiger partial charge in [-0.3, -0.25) is 19.3 Å². The number of benzene rings is 5. The molecule has 0 saturated carbocycles. The molecule has 6 aromatic rings. The number of aldehydes is 1. The third kappa shape index (κ3) is 7.14.